The lowest BCUT2D eigenvalue weighted by Crippen LogP contribution is -2.31. The second kappa shape index (κ2) is 5.92. The molecule has 2 fully saturated rings. The minimum Gasteiger partial charge on any atom is -0.470 e. The Balaban J connectivity index is 1.40. The first-order valence-corrected chi connectivity index (χ1v) is 7.88. The smallest absolute Gasteiger partial charge is 0.276 e. The van der Waals surface area contributed by atoms with Gasteiger partial charge in [0, 0.05) is 37.3 Å². The highest BCUT2D eigenvalue weighted by molar-refractivity contribution is 5.92. The van der Waals surface area contributed by atoms with Crippen LogP contribution in [0.25, 0.3) is 0 Å². The van der Waals surface area contributed by atoms with E-state index >= 15 is 0 Å². The predicted molar refractivity (Wildman–Crippen MR) is 80.2 cm³/mol. The highest BCUT2D eigenvalue weighted by Crippen LogP contribution is 2.40. The van der Waals surface area contributed by atoms with Crippen LogP contribution in [0.3, 0.4) is 0 Å². The molecule has 3 heterocycles. The first kappa shape index (κ1) is 14.6. The molecule has 8 heteroatoms. The number of likely N-dealkylation sites (tertiary alicyclic amines) is 1. The summed E-state index contributed by atoms with van der Waals surface area (Å²) in [5.74, 6) is 1.27. The Kier molecular flexibility index (Phi) is 3.61. The van der Waals surface area contributed by atoms with Gasteiger partial charge in [-0.1, -0.05) is 5.16 Å². The number of hydrogen-bond donors (Lipinski definition) is 0. The van der Waals surface area contributed by atoms with Gasteiger partial charge in [-0.15, -0.1) is 0 Å². The minimum absolute atomic E-state index is 0.146. The molecular weight excluding hydrogens is 310 g/mol. The van der Waals surface area contributed by atoms with Crippen LogP contribution in [-0.4, -0.2) is 45.1 Å². The lowest BCUT2D eigenvalue weighted by molar-refractivity contribution is 0.0760. The van der Waals surface area contributed by atoms with Gasteiger partial charge in [0.25, 0.3) is 11.8 Å². The lowest BCUT2D eigenvalue weighted by Gasteiger charge is -2.15. The van der Waals surface area contributed by atoms with Gasteiger partial charge in [-0.05, 0) is 12.8 Å². The number of amides is 1. The molecule has 24 heavy (non-hydrogen) atoms. The van der Waals surface area contributed by atoms with Crippen molar-refractivity contribution in [3.8, 4) is 11.9 Å². The Morgan fingerprint density at radius 2 is 2.17 bits per heavy atom. The summed E-state index contributed by atoms with van der Waals surface area (Å²) in [5.41, 5.74) is 0.489. The van der Waals surface area contributed by atoms with E-state index in [1.807, 2.05) is 6.07 Å². The maximum Gasteiger partial charge on any atom is 0.276 e. The van der Waals surface area contributed by atoms with Crippen molar-refractivity contribution in [2.45, 2.75) is 31.3 Å². The summed E-state index contributed by atoms with van der Waals surface area (Å²) in [5, 5.41) is 12.9. The van der Waals surface area contributed by atoms with Crippen molar-refractivity contribution in [3.05, 3.63) is 35.6 Å². The SMILES string of the molecule is N#Cc1nccnc1OC1CCN(C(=O)c2cc(C3CC3)on2)C1. The number of rotatable bonds is 4. The molecule has 8 nitrogen and oxygen atoms in total. The summed E-state index contributed by atoms with van der Waals surface area (Å²) in [6, 6.07) is 3.69. The van der Waals surface area contributed by atoms with E-state index in [4.69, 9.17) is 14.5 Å². The summed E-state index contributed by atoms with van der Waals surface area (Å²) in [7, 11) is 0. The van der Waals surface area contributed by atoms with Gasteiger partial charge >= 0.3 is 0 Å². The van der Waals surface area contributed by atoms with Crippen LogP contribution in [0.2, 0.25) is 0 Å². The summed E-state index contributed by atoms with van der Waals surface area (Å²) >= 11 is 0. The highest BCUT2D eigenvalue weighted by atomic mass is 16.5. The predicted octanol–water partition coefficient (Wildman–Crippen LogP) is 1.51. The van der Waals surface area contributed by atoms with Gasteiger partial charge < -0.3 is 14.2 Å². The zero-order chi connectivity index (χ0) is 16.5. The van der Waals surface area contributed by atoms with Crippen molar-refractivity contribution in [2.75, 3.05) is 13.1 Å². The molecule has 4 rings (SSSR count). The number of ether oxygens (including phenoxy) is 1. The van der Waals surface area contributed by atoms with E-state index in [-0.39, 0.29) is 23.6 Å². The van der Waals surface area contributed by atoms with E-state index in [0.29, 0.717) is 31.1 Å². The fourth-order valence-electron chi connectivity index (χ4n) is 2.77. The normalized spacial score (nSPS) is 20.0. The summed E-state index contributed by atoms with van der Waals surface area (Å²) < 4.78 is 11.0. The molecule has 0 radical (unpaired) electrons. The van der Waals surface area contributed by atoms with Crippen molar-refractivity contribution in [1.29, 1.82) is 5.26 Å². The zero-order valence-corrected chi connectivity index (χ0v) is 12.9. The third kappa shape index (κ3) is 2.80. The largest absolute Gasteiger partial charge is 0.470 e. The molecule has 0 spiro atoms. The van der Waals surface area contributed by atoms with Crippen LogP contribution < -0.4 is 4.74 Å². The molecular formula is C16H15N5O3. The maximum atomic E-state index is 12.5. The molecule has 0 bridgehead atoms. The van der Waals surface area contributed by atoms with Crippen LogP contribution in [0.5, 0.6) is 5.88 Å². The number of aromatic nitrogens is 3. The van der Waals surface area contributed by atoms with E-state index in [1.165, 1.54) is 12.4 Å². The maximum absolute atomic E-state index is 12.5. The molecule has 0 N–H and O–H groups in total. The Morgan fingerprint density at radius 3 is 2.96 bits per heavy atom. The van der Waals surface area contributed by atoms with Crippen molar-refractivity contribution in [1.82, 2.24) is 20.0 Å². The monoisotopic (exact) mass is 325 g/mol. The third-order valence-corrected chi connectivity index (χ3v) is 4.21. The van der Waals surface area contributed by atoms with E-state index < -0.39 is 0 Å². The third-order valence-electron chi connectivity index (χ3n) is 4.21. The van der Waals surface area contributed by atoms with Gasteiger partial charge in [0.15, 0.2) is 5.69 Å². The van der Waals surface area contributed by atoms with Gasteiger partial charge in [0.2, 0.25) is 5.69 Å². The number of carbonyl (C=O) groups is 1. The average molecular weight is 325 g/mol. The Bertz CT molecular complexity index is 808. The van der Waals surface area contributed by atoms with Crippen LogP contribution in [0, 0.1) is 11.3 Å². The lowest BCUT2D eigenvalue weighted by atomic mass is 10.2. The Morgan fingerprint density at radius 1 is 1.33 bits per heavy atom. The van der Waals surface area contributed by atoms with Gasteiger partial charge in [-0.25, -0.2) is 9.97 Å². The number of nitriles is 1. The Hall–Kier alpha value is -2.95. The fourth-order valence-corrected chi connectivity index (χ4v) is 2.77. The number of carbonyl (C=O) groups excluding carboxylic acids is 1. The van der Waals surface area contributed by atoms with Crippen molar-refractivity contribution < 1.29 is 14.1 Å². The molecule has 0 aromatic carbocycles. The van der Waals surface area contributed by atoms with Crippen LogP contribution >= 0.6 is 0 Å². The van der Waals surface area contributed by atoms with Gasteiger partial charge in [0.05, 0.1) is 6.54 Å². The van der Waals surface area contributed by atoms with Gasteiger partial charge in [0.1, 0.15) is 17.9 Å². The Labute approximate surface area is 138 Å². The van der Waals surface area contributed by atoms with Crippen molar-refractivity contribution in [3.63, 3.8) is 0 Å². The van der Waals surface area contributed by atoms with Crippen LogP contribution in [-0.2, 0) is 0 Å². The molecule has 2 aromatic rings. The molecule has 1 aliphatic carbocycles. The molecule has 1 saturated carbocycles. The summed E-state index contributed by atoms with van der Waals surface area (Å²) in [4.78, 5) is 22.1. The second-order valence-electron chi connectivity index (χ2n) is 5.99. The van der Waals surface area contributed by atoms with Crippen LogP contribution in [0.15, 0.2) is 23.0 Å². The molecule has 2 aromatic heterocycles. The number of hydrogen-bond acceptors (Lipinski definition) is 7. The molecule has 2 aliphatic rings. The van der Waals surface area contributed by atoms with E-state index in [0.717, 1.165) is 18.6 Å². The summed E-state index contributed by atoms with van der Waals surface area (Å²) in [6.45, 7) is 0.989. The average Bonchev–Trinajstić information content (AvgIpc) is 3.16. The minimum atomic E-state index is -0.215. The zero-order valence-electron chi connectivity index (χ0n) is 12.9. The first-order valence-electron chi connectivity index (χ1n) is 7.88. The molecule has 1 atom stereocenters. The van der Waals surface area contributed by atoms with Crippen LogP contribution in [0.1, 0.15) is 47.1 Å². The van der Waals surface area contributed by atoms with Gasteiger partial charge in [-0.2, -0.15) is 5.26 Å². The fraction of sp³-hybridized carbons (Fsp3) is 0.438. The molecule has 1 aliphatic heterocycles. The molecule has 1 saturated heterocycles. The van der Waals surface area contributed by atoms with Gasteiger partial charge in [-0.3, -0.25) is 4.79 Å². The highest BCUT2D eigenvalue weighted by Gasteiger charge is 2.33. The molecule has 122 valence electrons. The number of nitrogens with zero attached hydrogens (tertiary/aromatic N) is 5. The molecule has 1 unspecified atom stereocenters. The van der Waals surface area contributed by atoms with Crippen molar-refractivity contribution in [2.24, 2.45) is 0 Å². The van der Waals surface area contributed by atoms with E-state index in [2.05, 4.69) is 15.1 Å². The van der Waals surface area contributed by atoms with E-state index in [9.17, 15) is 4.79 Å². The van der Waals surface area contributed by atoms with Crippen LogP contribution in [0.4, 0.5) is 0 Å². The van der Waals surface area contributed by atoms with E-state index in [1.54, 1.807) is 11.0 Å². The quantitative estimate of drug-likeness (QED) is 0.838. The first-order chi connectivity index (χ1) is 11.7. The second-order valence-corrected chi connectivity index (χ2v) is 5.99. The topological polar surface area (TPSA) is 105 Å². The summed E-state index contributed by atoms with van der Waals surface area (Å²) in [6.07, 6.45) is 5.57. The van der Waals surface area contributed by atoms with Crippen molar-refractivity contribution >= 4 is 5.91 Å². The standard InChI is InChI=1S/C16H15N5O3/c17-8-13-15(19-5-4-18-13)23-11-3-6-21(9-11)16(22)12-7-14(24-20-12)10-1-2-10/h4-5,7,10-11H,1-3,6,9H2. The molecule has 1 amide bonds.